The van der Waals surface area contributed by atoms with Crippen molar-refractivity contribution in [3.8, 4) is 0 Å². The molecular weight excluding hydrogens is 268 g/mol. The van der Waals surface area contributed by atoms with Crippen LogP contribution in [0.1, 0.15) is 58.8 Å². The summed E-state index contributed by atoms with van der Waals surface area (Å²) in [5.41, 5.74) is -0.739. The molecule has 1 aliphatic heterocycles. The summed E-state index contributed by atoms with van der Waals surface area (Å²) in [6, 6.07) is 0.188. The van der Waals surface area contributed by atoms with Crippen molar-refractivity contribution in [1.29, 1.82) is 0 Å². The zero-order chi connectivity index (χ0) is 15.5. The molecule has 1 unspecified atom stereocenters. The average molecular weight is 296 g/mol. The van der Waals surface area contributed by atoms with Crippen molar-refractivity contribution >= 4 is 12.0 Å². The van der Waals surface area contributed by atoms with Gasteiger partial charge in [0, 0.05) is 19.1 Å². The van der Waals surface area contributed by atoms with Crippen molar-refractivity contribution in [2.45, 2.75) is 64.8 Å². The number of amides is 2. The van der Waals surface area contributed by atoms with E-state index in [0.29, 0.717) is 25.9 Å². The average Bonchev–Trinajstić information content (AvgIpc) is 2.94. The summed E-state index contributed by atoms with van der Waals surface area (Å²) in [6.07, 6.45) is 6.85. The van der Waals surface area contributed by atoms with Crippen LogP contribution in [0.15, 0.2) is 0 Å². The van der Waals surface area contributed by atoms with Crippen LogP contribution in [0.3, 0.4) is 0 Å². The summed E-state index contributed by atoms with van der Waals surface area (Å²) in [4.78, 5) is 25.4. The fraction of sp³-hybridized carbons (Fsp3) is 0.875. The van der Waals surface area contributed by atoms with Gasteiger partial charge in [-0.2, -0.15) is 0 Å². The second-order valence-electron chi connectivity index (χ2n) is 6.69. The van der Waals surface area contributed by atoms with E-state index in [-0.39, 0.29) is 12.1 Å². The molecule has 0 aromatic rings. The normalized spacial score (nSPS) is 33.0. The molecular formula is C16H28N2O3. The van der Waals surface area contributed by atoms with Crippen LogP contribution in [0.4, 0.5) is 4.79 Å². The fourth-order valence-electron chi connectivity index (χ4n) is 3.64. The quantitative estimate of drug-likeness (QED) is 0.838. The number of hydrogen-bond acceptors (Lipinski definition) is 2. The number of carbonyl (C=O) groups is 2. The SMILES string of the molecule is CCC1CCC(NC(=O)N2CCC(CC)(C(=O)O)C2)CC1. The third-order valence-corrected chi connectivity index (χ3v) is 5.52. The molecule has 21 heavy (non-hydrogen) atoms. The Morgan fingerprint density at radius 2 is 1.90 bits per heavy atom. The Hall–Kier alpha value is -1.26. The number of carboxylic acid groups (broad SMARTS) is 1. The zero-order valence-electron chi connectivity index (χ0n) is 13.2. The lowest BCUT2D eigenvalue weighted by atomic mass is 9.84. The molecule has 5 nitrogen and oxygen atoms in total. The highest BCUT2D eigenvalue weighted by atomic mass is 16.4. The minimum atomic E-state index is -0.774. The number of rotatable bonds is 4. The van der Waals surface area contributed by atoms with E-state index in [1.165, 1.54) is 19.3 Å². The van der Waals surface area contributed by atoms with Gasteiger partial charge in [-0.25, -0.2) is 4.79 Å². The van der Waals surface area contributed by atoms with Crippen molar-refractivity contribution in [2.75, 3.05) is 13.1 Å². The van der Waals surface area contributed by atoms with Crippen LogP contribution in [0, 0.1) is 11.3 Å². The lowest BCUT2D eigenvalue weighted by molar-refractivity contribution is -0.148. The summed E-state index contributed by atoms with van der Waals surface area (Å²) >= 11 is 0. The van der Waals surface area contributed by atoms with E-state index in [9.17, 15) is 14.7 Å². The molecule has 5 heteroatoms. The number of nitrogens with zero attached hydrogens (tertiary/aromatic N) is 1. The van der Waals surface area contributed by atoms with Crippen LogP contribution in [0.2, 0.25) is 0 Å². The van der Waals surface area contributed by atoms with E-state index in [0.717, 1.165) is 18.8 Å². The topological polar surface area (TPSA) is 69.6 Å². The van der Waals surface area contributed by atoms with Gasteiger partial charge >= 0.3 is 12.0 Å². The van der Waals surface area contributed by atoms with E-state index in [1.807, 2.05) is 6.92 Å². The maximum atomic E-state index is 12.3. The molecule has 2 aliphatic rings. The number of carbonyl (C=O) groups excluding carboxylic acids is 1. The molecule has 1 aliphatic carbocycles. The maximum absolute atomic E-state index is 12.3. The number of nitrogens with one attached hydrogen (secondary N) is 1. The Bertz CT molecular complexity index is 391. The highest BCUT2D eigenvalue weighted by Gasteiger charge is 2.45. The van der Waals surface area contributed by atoms with Crippen molar-refractivity contribution in [3.05, 3.63) is 0 Å². The Kier molecular flexibility index (Phi) is 5.12. The summed E-state index contributed by atoms with van der Waals surface area (Å²) in [5, 5.41) is 12.5. The van der Waals surface area contributed by atoms with Gasteiger partial charge in [0.05, 0.1) is 5.41 Å². The molecule has 2 N–H and O–H groups in total. The number of hydrogen-bond donors (Lipinski definition) is 2. The highest BCUT2D eigenvalue weighted by Crippen LogP contribution is 2.34. The number of aliphatic carboxylic acids is 1. The molecule has 1 saturated carbocycles. The largest absolute Gasteiger partial charge is 0.481 e. The summed E-state index contributed by atoms with van der Waals surface area (Å²) < 4.78 is 0. The third-order valence-electron chi connectivity index (χ3n) is 5.52. The predicted molar refractivity (Wildman–Crippen MR) is 81.1 cm³/mol. The van der Waals surface area contributed by atoms with Crippen LogP contribution < -0.4 is 5.32 Å². The first-order valence-electron chi connectivity index (χ1n) is 8.29. The molecule has 0 aromatic carbocycles. The smallest absolute Gasteiger partial charge is 0.317 e. The van der Waals surface area contributed by atoms with Crippen molar-refractivity contribution in [1.82, 2.24) is 10.2 Å². The van der Waals surface area contributed by atoms with Crippen LogP contribution in [-0.4, -0.2) is 41.1 Å². The molecule has 2 fully saturated rings. The molecule has 0 spiro atoms. The van der Waals surface area contributed by atoms with Crippen molar-refractivity contribution < 1.29 is 14.7 Å². The highest BCUT2D eigenvalue weighted by molar-refractivity contribution is 5.79. The molecule has 0 bridgehead atoms. The minimum absolute atomic E-state index is 0.0773. The Morgan fingerprint density at radius 1 is 1.24 bits per heavy atom. The molecule has 1 heterocycles. The van der Waals surface area contributed by atoms with E-state index in [2.05, 4.69) is 12.2 Å². The standard InChI is InChI=1S/C16H28N2O3/c1-3-12-5-7-13(8-6-12)17-15(21)18-10-9-16(4-2,11-18)14(19)20/h12-13H,3-11H2,1-2H3,(H,17,21)(H,19,20). The molecule has 1 saturated heterocycles. The second kappa shape index (κ2) is 6.67. The molecule has 1 atom stereocenters. The van der Waals surface area contributed by atoms with E-state index in [1.54, 1.807) is 4.90 Å². The molecule has 2 rings (SSSR count). The number of carboxylic acids is 1. The van der Waals surface area contributed by atoms with Gasteiger partial charge in [0.1, 0.15) is 0 Å². The lowest BCUT2D eigenvalue weighted by Gasteiger charge is -2.30. The third kappa shape index (κ3) is 3.50. The van der Waals surface area contributed by atoms with Gasteiger partial charge in [-0.3, -0.25) is 4.79 Å². The second-order valence-corrected chi connectivity index (χ2v) is 6.69. The minimum Gasteiger partial charge on any atom is -0.481 e. The van der Waals surface area contributed by atoms with Gasteiger partial charge in [-0.05, 0) is 44.4 Å². The molecule has 0 aromatic heterocycles. The van der Waals surface area contributed by atoms with Gasteiger partial charge in [-0.1, -0.05) is 20.3 Å². The van der Waals surface area contributed by atoms with Crippen LogP contribution in [-0.2, 0) is 4.79 Å². The Morgan fingerprint density at radius 3 is 2.38 bits per heavy atom. The number of urea groups is 1. The molecule has 120 valence electrons. The summed E-state index contributed by atoms with van der Waals surface area (Å²) in [6.45, 7) is 5.01. The first-order valence-corrected chi connectivity index (χ1v) is 8.29. The zero-order valence-corrected chi connectivity index (χ0v) is 13.2. The van der Waals surface area contributed by atoms with Gasteiger partial charge in [-0.15, -0.1) is 0 Å². The summed E-state index contributed by atoms with van der Waals surface area (Å²) in [5.74, 6) is 0.0356. The molecule has 2 amide bonds. The van der Waals surface area contributed by atoms with Crippen LogP contribution >= 0.6 is 0 Å². The van der Waals surface area contributed by atoms with Gasteiger partial charge < -0.3 is 15.3 Å². The van der Waals surface area contributed by atoms with Gasteiger partial charge in [0.2, 0.25) is 0 Å². The summed E-state index contributed by atoms with van der Waals surface area (Å²) in [7, 11) is 0. The molecule has 0 radical (unpaired) electrons. The van der Waals surface area contributed by atoms with Crippen LogP contribution in [0.5, 0.6) is 0 Å². The Labute approximate surface area is 127 Å². The number of likely N-dealkylation sites (tertiary alicyclic amines) is 1. The Balaban J connectivity index is 1.84. The maximum Gasteiger partial charge on any atom is 0.317 e. The fourth-order valence-corrected chi connectivity index (χ4v) is 3.64. The van der Waals surface area contributed by atoms with E-state index < -0.39 is 11.4 Å². The van der Waals surface area contributed by atoms with Gasteiger partial charge in [0.15, 0.2) is 0 Å². The van der Waals surface area contributed by atoms with E-state index in [4.69, 9.17) is 0 Å². The van der Waals surface area contributed by atoms with E-state index >= 15 is 0 Å². The monoisotopic (exact) mass is 296 g/mol. The van der Waals surface area contributed by atoms with Crippen molar-refractivity contribution in [2.24, 2.45) is 11.3 Å². The lowest BCUT2D eigenvalue weighted by Crippen LogP contribution is -2.46. The van der Waals surface area contributed by atoms with Gasteiger partial charge in [0.25, 0.3) is 0 Å². The first-order chi connectivity index (χ1) is 10.0. The predicted octanol–water partition coefficient (Wildman–Crippen LogP) is 2.85. The van der Waals surface area contributed by atoms with Crippen molar-refractivity contribution in [3.63, 3.8) is 0 Å². The van der Waals surface area contributed by atoms with Crippen LogP contribution in [0.25, 0.3) is 0 Å². The first kappa shape index (κ1) is 16.1.